The van der Waals surface area contributed by atoms with Crippen molar-refractivity contribution in [2.24, 2.45) is 0 Å². The molecule has 0 spiro atoms. The van der Waals surface area contributed by atoms with Gasteiger partial charge in [0, 0.05) is 18.3 Å². The first-order chi connectivity index (χ1) is 13.7. The normalized spacial score (nSPS) is 18.4. The zero-order valence-electron chi connectivity index (χ0n) is 17.3. The molecule has 2 atom stereocenters. The van der Waals surface area contributed by atoms with Crippen molar-refractivity contribution >= 4 is 15.9 Å². The van der Waals surface area contributed by atoms with Crippen molar-refractivity contribution < 1.29 is 0 Å². The number of rotatable bonds is 8. The van der Waals surface area contributed by atoms with Gasteiger partial charge in [0.15, 0.2) is 0 Å². The lowest BCUT2D eigenvalue weighted by atomic mass is 9.96. The second kappa shape index (κ2) is 12.8. The Hall–Kier alpha value is -1.63. The first-order valence-corrected chi connectivity index (χ1v) is 11.4. The Kier molecular flexibility index (Phi) is 10.3. The summed E-state index contributed by atoms with van der Waals surface area (Å²) in [6.07, 6.45) is 6.41. The second-order valence-electron chi connectivity index (χ2n) is 7.48. The molecule has 3 heteroatoms. The Labute approximate surface area is 179 Å². The summed E-state index contributed by atoms with van der Waals surface area (Å²) in [5.41, 5.74) is 4.40. The third-order valence-electron chi connectivity index (χ3n) is 5.48. The molecule has 2 aromatic rings. The molecule has 2 aromatic carbocycles. The Morgan fingerprint density at radius 3 is 2.29 bits per heavy atom. The third kappa shape index (κ3) is 7.41. The van der Waals surface area contributed by atoms with E-state index in [0.29, 0.717) is 4.83 Å². The predicted molar refractivity (Wildman–Crippen MR) is 123 cm³/mol. The lowest BCUT2D eigenvalue weighted by Gasteiger charge is -2.20. The van der Waals surface area contributed by atoms with Crippen LogP contribution in [0.15, 0.2) is 54.6 Å². The fourth-order valence-electron chi connectivity index (χ4n) is 3.92. The average molecular weight is 441 g/mol. The molecule has 150 valence electrons. The van der Waals surface area contributed by atoms with Gasteiger partial charge >= 0.3 is 0 Å². The van der Waals surface area contributed by atoms with E-state index in [0.717, 1.165) is 19.0 Å². The van der Waals surface area contributed by atoms with Crippen LogP contribution in [0, 0.1) is 11.3 Å². The van der Waals surface area contributed by atoms with Crippen LogP contribution in [0.1, 0.15) is 62.1 Å². The Morgan fingerprint density at radius 1 is 1.04 bits per heavy atom. The summed E-state index contributed by atoms with van der Waals surface area (Å²) >= 11 is 3.85. The first-order valence-electron chi connectivity index (χ1n) is 10.5. The molecular weight excluding hydrogens is 408 g/mol. The number of aryl methyl sites for hydroxylation is 1. The number of alkyl halides is 1. The minimum absolute atomic E-state index is 0.675. The molecular formula is C25H33BrN2. The largest absolute Gasteiger partial charge is 0.299 e. The second-order valence-corrected chi connectivity index (χ2v) is 8.65. The van der Waals surface area contributed by atoms with Crippen LogP contribution in [0.5, 0.6) is 0 Å². The summed E-state index contributed by atoms with van der Waals surface area (Å²) in [7, 11) is 0. The van der Waals surface area contributed by atoms with Crippen molar-refractivity contribution in [1.82, 2.24) is 4.90 Å². The molecule has 28 heavy (non-hydrogen) atoms. The van der Waals surface area contributed by atoms with Gasteiger partial charge in [0.2, 0.25) is 0 Å². The molecule has 0 amide bonds. The van der Waals surface area contributed by atoms with Gasteiger partial charge in [0.1, 0.15) is 0 Å². The van der Waals surface area contributed by atoms with E-state index in [9.17, 15) is 0 Å². The first kappa shape index (κ1) is 22.7. The maximum atomic E-state index is 7.32. The van der Waals surface area contributed by atoms with E-state index in [1.807, 2.05) is 0 Å². The van der Waals surface area contributed by atoms with E-state index in [4.69, 9.17) is 5.26 Å². The zero-order chi connectivity index (χ0) is 20.2. The van der Waals surface area contributed by atoms with Gasteiger partial charge in [-0.05, 0) is 61.4 Å². The summed E-state index contributed by atoms with van der Waals surface area (Å²) in [5, 5.41) is 7.32. The molecule has 1 saturated carbocycles. The van der Waals surface area contributed by atoms with Crippen molar-refractivity contribution in [2.45, 2.75) is 63.2 Å². The monoisotopic (exact) mass is 440 g/mol. The molecule has 0 heterocycles. The maximum absolute atomic E-state index is 7.32. The molecule has 2 nitrogen and oxygen atoms in total. The summed E-state index contributed by atoms with van der Waals surface area (Å²) < 4.78 is 0. The van der Waals surface area contributed by atoms with Gasteiger partial charge in [-0.2, -0.15) is 5.26 Å². The van der Waals surface area contributed by atoms with Gasteiger partial charge in [0.05, 0.1) is 6.07 Å². The van der Waals surface area contributed by atoms with Gasteiger partial charge in [-0.15, -0.1) is 0 Å². The van der Waals surface area contributed by atoms with Gasteiger partial charge in [-0.3, -0.25) is 4.90 Å². The van der Waals surface area contributed by atoms with E-state index < -0.39 is 0 Å². The van der Waals surface area contributed by atoms with E-state index in [1.54, 1.807) is 6.07 Å². The summed E-state index contributed by atoms with van der Waals surface area (Å²) in [6, 6.07) is 22.0. The van der Waals surface area contributed by atoms with Gasteiger partial charge in [-0.25, -0.2) is 0 Å². The SMILES string of the molecule is CC#N.CCN(CCCc1ccc(C2CCCC2Br)cc1)Cc1ccccc1. The fraction of sp³-hybridized carbons (Fsp3) is 0.480. The predicted octanol–water partition coefficient (Wildman–Crippen LogP) is 6.70. The molecule has 3 rings (SSSR count). The van der Waals surface area contributed by atoms with E-state index in [1.165, 1.54) is 62.3 Å². The van der Waals surface area contributed by atoms with Crippen molar-refractivity contribution in [2.75, 3.05) is 13.1 Å². The highest BCUT2D eigenvalue weighted by Gasteiger charge is 2.25. The Morgan fingerprint density at radius 2 is 1.71 bits per heavy atom. The van der Waals surface area contributed by atoms with Crippen LogP contribution in [-0.4, -0.2) is 22.8 Å². The number of nitrogens with zero attached hydrogens (tertiary/aromatic N) is 2. The fourth-order valence-corrected chi connectivity index (χ4v) is 4.81. The summed E-state index contributed by atoms with van der Waals surface area (Å²) in [5.74, 6) is 0.718. The van der Waals surface area contributed by atoms with Crippen LogP contribution < -0.4 is 0 Å². The Bertz CT molecular complexity index is 706. The highest BCUT2D eigenvalue weighted by Crippen LogP contribution is 2.39. The summed E-state index contributed by atoms with van der Waals surface area (Å²) in [6.45, 7) is 7.03. The van der Waals surface area contributed by atoms with Crippen LogP contribution in [0.2, 0.25) is 0 Å². The van der Waals surface area contributed by atoms with E-state index >= 15 is 0 Å². The quantitative estimate of drug-likeness (QED) is 0.426. The molecule has 0 saturated heterocycles. The van der Waals surface area contributed by atoms with E-state index in [-0.39, 0.29) is 0 Å². The lowest BCUT2D eigenvalue weighted by Crippen LogP contribution is -2.24. The van der Waals surface area contributed by atoms with Crippen LogP contribution in [0.3, 0.4) is 0 Å². The molecule has 0 aromatic heterocycles. The van der Waals surface area contributed by atoms with Crippen molar-refractivity contribution in [3.63, 3.8) is 0 Å². The molecule has 0 N–H and O–H groups in total. The minimum atomic E-state index is 0.675. The van der Waals surface area contributed by atoms with Crippen LogP contribution in [0.25, 0.3) is 0 Å². The molecule has 0 radical (unpaired) electrons. The Balaban J connectivity index is 0.000000878. The average Bonchev–Trinajstić information content (AvgIpc) is 3.15. The minimum Gasteiger partial charge on any atom is -0.299 e. The van der Waals surface area contributed by atoms with Crippen LogP contribution in [0.4, 0.5) is 0 Å². The maximum Gasteiger partial charge on any atom is 0.0587 e. The zero-order valence-corrected chi connectivity index (χ0v) is 18.9. The van der Waals surface area contributed by atoms with Gasteiger partial charge in [-0.1, -0.05) is 83.9 Å². The number of halogens is 1. The smallest absolute Gasteiger partial charge is 0.0587 e. The van der Waals surface area contributed by atoms with Gasteiger partial charge in [0.25, 0.3) is 0 Å². The number of hydrogen-bond donors (Lipinski definition) is 0. The number of nitriles is 1. The van der Waals surface area contributed by atoms with Crippen molar-refractivity contribution in [1.29, 1.82) is 5.26 Å². The van der Waals surface area contributed by atoms with Crippen LogP contribution in [-0.2, 0) is 13.0 Å². The van der Waals surface area contributed by atoms with Crippen molar-refractivity contribution in [3.05, 3.63) is 71.3 Å². The number of benzene rings is 2. The topological polar surface area (TPSA) is 27.0 Å². The third-order valence-corrected chi connectivity index (χ3v) is 6.57. The standard InChI is InChI=1S/C23H30BrN.C2H3N/c1-2-25(18-20-8-4-3-5-9-20)17-7-10-19-13-15-21(16-14-19)22-11-6-12-23(22)24;1-2-3/h3-5,8-9,13-16,22-23H,2,6-7,10-12,17-18H2,1H3;1H3. The van der Waals surface area contributed by atoms with Gasteiger partial charge < -0.3 is 0 Å². The number of hydrogen-bond acceptors (Lipinski definition) is 2. The molecule has 0 bridgehead atoms. The van der Waals surface area contributed by atoms with E-state index in [2.05, 4.69) is 82.4 Å². The molecule has 1 aliphatic rings. The van der Waals surface area contributed by atoms with Crippen LogP contribution >= 0.6 is 15.9 Å². The molecule has 1 aliphatic carbocycles. The summed E-state index contributed by atoms with van der Waals surface area (Å²) in [4.78, 5) is 3.21. The van der Waals surface area contributed by atoms with Crippen molar-refractivity contribution in [3.8, 4) is 6.07 Å². The molecule has 2 unspecified atom stereocenters. The highest BCUT2D eigenvalue weighted by atomic mass is 79.9. The highest BCUT2D eigenvalue weighted by molar-refractivity contribution is 9.09. The molecule has 1 fully saturated rings. The lowest BCUT2D eigenvalue weighted by molar-refractivity contribution is 0.276. The molecule has 0 aliphatic heterocycles.